The Labute approximate surface area is 206 Å². The molecule has 0 aliphatic carbocycles. The van der Waals surface area contributed by atoms with E-state index in [1.165, 1.54) is 0 Å². The van der Waals surface area contributed by atoms with Crippen molar-refractivity contribution in [3.8, 4) is 0 Å². The van der Waals surface area contributed by atoms with Crippen molar-refractivity contribution >= 4 is 55.8 Å². The molecule has 0 saturated heterocycles. The summed E-state index contributed by atoms with van der Waals surface area (Å²) in [5.41, 5.74) is 5.31. The lowest BCUT2D eigenvalue weighted by atomic mass is 9.96. The van der Waals surface area contributed by atoms with Gasteiger partial charge in [-0.05, 0) is 29.0 Å². The molecular formula is C30H20N4O2. The van der Waals surface area contributed by atoms with Crippen molar-refractivity contribution in [2.75, 3.05) is 14.1 Å². The molecule has 0 radical (unpaired) electrons. The molecule has 7 rings (SSSR count). The van der Waals surface area contributed by atoms with Gasteiger partial charge in [-0.1, -0.05) is 54.6 Å². The maximum absolute atomic E-state index is 13.8. The molecule has 0 atom stereocenters. The van der Waals surface area contributed by atoms with Crippen molar-refractivity contribution in [2.24, 2.45) is 0 Å². The molecule has 2 amide bonds. The average Bonchev–Trinajstić information content (AvgIpc) is 3.32. The number of pyridine rings is 2. The first-order chi connectivity index (χ1) is 17.6. The summed E-state index contributed by atoms with van der Waals surface area (Å²) in [7, 11) is 3.48. The van der Waals surface area contributed by atoms with Crippen LogP contribution in [0.15, 0.2) is 96.3 Å². The van der Waals surface area contributed by atoms with E-state index in [9.17, 15) is 9.59 Å². The van der Waals surface area contributed by atoms with Gasteiger partial charge in [0.1, 0.15) is 0 Å². The molecule has 4 heterocycles. The SMILES string of the molecule is CN1C(=O)C2=C(c3cc4cccnc4c4ncccc34)N(C)C(=O)C2=C1c1cccc2ccccc12. The summed E-state index contributed by atoms with van der Waals surface area (Å²) in [4.78, 5) is 40.0. The van der Waals surface area contributed by atoms with E-state index in [1.807, 2.05) is 72.8 Å². The molecule has 6 nitrogen and oxygen atoms in total. The molecule has 0 N–H and O–H groups in total. The van der Waals surface area contributed by atoms with E-state index >= 15 is 0 Å². The summed E-state index contributed by atoms with van der Waals surface area (Å²) in [5.74, 6) is -0.382. The van der Waals surface area contributed by atoms with Crippen LogP contribution in [-0.2, 0) is 9.59 Å². The van der Waals surface area contributed by atoms with Gasteiger partial charge in [0, 0.05) is 48.4 Å². The first-order valence-electron chi connectivity index (χ1n) is 11.7. The van der Waals surface area contributed by atoms with Crippen LogP contribution in [0.1, 0.15) is 11.1 Å². The number of carbonyl (C=O) groups is 2. The molecule has 0 spiro atoms. The van der Waals surface area contributed by atoms with Crippen molar-refractivity contribution in [1.29, 1.82) is 0 Å². The summed E-state index contributed by atoms with van der Waals surface area (Å²) < 4.78 is 0. The molecule has 2 aromatic heterocycles. The Bertz CT molecular complexity index is 1860. The predicted octanol–water partition coefficient (Wildman–Crippen LogP) is 5.00. The normalized spacial score (nSPS) is 15.8. The molecule has 2 aliphatic rings. The molecule has 6 heteroatoms. The highest BCUT2D eigenvalue weighted by molar-refractivity contribution is 6.31. The molecule has 172 valence electrons. The monoisotopic (exact) mass is 468 g/mol. The fourth-order valence-electron chi connectivity index (χ4n) is 5.56. The number of likely N-dealkylation sites (N-methyl/N-ethyl adjacent to an activating group) is 2. The quantitative estimate of drug-likeness (QED) is 0.342. The number of aromatic nitrogens is 2. The lowest BCUT2D eigenvalue weighted by Crippen LogP contribution is -2.25. The fourth-order valence-corrected chi connectivity index (χ4v) is 5.56. The average molecular weight is 469 g/mol. The highest BCUT2D eigenvalue weighted by Crippen LogP contribution is 2.47. The van der Waals surface area contributed by atoms with Gasteiger partial charge < -0.3 is 9.80 Å². The Kier molecular flexibility index (Phi) is 4.18. The van der Waals surface area contributed by atoms with Gasteiger partial charge in [0.15, 0.2) is 0 Å². The molecule has 0 unspecified atom stereocenters. The van der Waals surface area contributed by atoms with E-state index in [2.05, 4.69) is 9.97 Å². The highest BCUT2D eigenvalue weighted by Gasteiger charge is 2.47. The van der Waals surface area contributed by atoms with Crippen LogP contribution in [0.4, 0.5) is 0 Å². The maximum Gasteiger partial charge on any atom is 0.261 e. The van der Waals surface area contributed by atoms with Gasteiger partial charge in [0.2, 0.25) is 0 Å². The predicted molar refractivity (Wildman–Crippen MR) is 140 cm³/mol. The lowest BCUT2D eigenvalue weighted by Gasteiger charge is -2.21. The van der Waals surface area contributed by atoms with Crippen LogP contribution < -0.4 is 0 Å². The summed E-state index contributed by atoms with van der Waals surface area (Å²) >= 11 is 0. The number of hydrogen-bond acceptors (Lipinski definition) is 4. The van der Waals surface area contributed by atoms with Gasteiger partial charge in [-0.25, -0.2) is 0 Å². The molecule has 0 fully saturated rings. The van der Waals surface area contributed by atoms with Gasteiger partial charge in [-0.2, -0.15) is 0 Å². The largest absolute Gasteiger partial charge is 0.310 e. The van der Waals surface area contributed by atoms with Gasteiger partial charge in [0.25, 0.3) is 11.8 Å². The number of rotatable bonds is 2. The number of nitrogens with zero attached hydrogens (tertiary/aromatic N) is 4. The molecule has 2 aliphatic heterocycles. The second-order valence-corrected chi connectivity index (χ2v) is 9.10. The smallest absolute Gasteiger partial charge is 0.261 e. The minimum atomic E-state index is -0.191. The van der Waals surface area contributed by atoms with E-state index < -0.39 is 0 Å². The third-order valence-electron chi connectivity index (χ3n) is 7.19. The second-order valence-electron chi connectivity index (χ2n) is 9.10. The number of benzene rings is 3. The van der Waals surface area contributed by atoms with Crippen LogP contribution in [0.5, 0.6) is 0 Å². The molecule has 0 bridgehead atoms. The number of amides is 2. The molecule has 3 aromatic carbocycles. The van der Waals surface area contributed by atoms with Gasteiger partial charge >= 0.3 is 0 Å². The van der Waals surface area contributed by atoms with Crippen LogP contribution in [0.3, 0.4) is 0 Å². The Morgan fingerprint density at radius 1 is 0.583 bits per heavy atom. The van der Waals surface area contributed by atoms with Crippen molar-refractivity contribution in [1.82, 2.24) is 19.8 Å². The molecule has 36 heavy (non-hydrogen) atoms. The van der Waals surface area contributed by atoms with Crippen LogP contribution in [-0.4, -0.2) is 45.7 Å². The summed E-state index contributed by atoms with van der Waals surface area (Å²) in [6.07, 6.45) is 3.48. The van der Waals surface area contributed by atoms with E-state index in [0.29, 0.717) is 22.5 Å². The van der Waals surface area contributed by atoms with Crippen molar-refractivity contribution < 1.29 is 9.59 Å². The molecule has 5 aromatic rings. The number of hydrogen-bond donors (Lipinski definition) is 0. The molecule has 0 saturated carbocycles. The van der Waals surface area contributed by atoms with E-state index in [-0.39, 0.29) is 11.8 Å². The van der Waals surface area contributed by atoms with Crippen LogP contribution in [0.2, 0.25) is 0 Å². The Morgan fingerprint density at radius 2 is 1.17 bits per heavy atom. The Morgan fingerprint density at radius 3 is 1.94 bits per heavy atom. The topological polar surface area (TPSA) is 66.4 Å². The van der Waals surface area contributed by atoms with Gasteiger partial charge in [-0.3, -0.25) is 19.6 Å². The number of carbonyl (C=O) groups excluding carboxylic acids is 2. The standard InChI is InChI=1S/C30H20N4O2/c1-33-27(21-12-5-9-17-8-3-4-11-19(17)21)23-24(30(33)36)28(34(2)29(23)35)22-16-18-10-6-14-31-25(18)26-20(22)13-7-15-32-26/h3-16H,1-2H3. The minimum Gasteiger partial charge on any atom is -0.310 e. The van der Waals surface area contributed by atoms with Crippen molar-refractivity contribution in [3.63, 3.8) is 0 Å². The highest BCUT2D eigenvalue weighted by atomic mass is 16.2. The van der Waals surface area contributed by atoms with Crippen molar-refractivity contribution in [3.05, 3.63) is 107 Å². The van der Waals surface area contributed by atoms with Gasteiger partial charge in [0.05, 0.1) is 33.6 Å². The van der Waals surface area contributed by atoms with Gasteiger partial charge in [-0.15, -0.1) is 0 Å². The lowest BCUT2D eigenvalue weighted by molar-refractivity contribution is -0.123. The van der Waals surface area contributed by atoms with Crippen LogP contribution in [0.25, 0.3) is 44.0 Å². The zero-order valence-electron chi connectivity index (χ0n) is 19.7. The zero-order chi connectivity index (χ0) is 24.6. The minimum absolute atomic E-state index is 0.191. The second kappa shape index (κ2) is 7.33. The van der Waals surface area contributed by atoms with E-state index in [4.69, 9.17) is 0 Å². The van der Waals surface area contributed by atoms with E-state index in [1.54, 1.807) is 36.3 Å². The Balaban J connectivity index is 1.58. The summed E-state index contributed by atoms with van der Waals surface area (Å²) in [5, 5.41) is 3.80. The van der Waals surface area contributed by atoms with Crippen LogP contribution in [0, 0.1) is 0 Å². The van der Waals surface area contributed by atoms with Crippen LogP contribution >= 0.6 is 0 Å². The zero-order valence-corrected chi connectivity index (χ0v) is 19.7. The summed E-state index contributed by atoms with van der Waals surface area (Å²) in [6.45, 7) is 0. The third kappa shape index (κ3) is 2.61. The molecular weight excluding hydrogens is 448 g/mol. The third-order valence-corrected chi connectivity index (χ3v) is 7.19. The fraction of sp³-hybridized carbons (Fsp3) is 0.0667. The first-order valence-corrected chi connectivity index (χ1v) is 11.7. The van der Waals surface area contributed by atoms with E-state index in [0.717, 1.165) is 43.7 Å². The number of fused-ring (bicyclic) bond motifs is 5. The first kappa shape index (κ1) is 20.5. The maximum atomic E-state index is 13.8. The van der Waals surface area contributed by atoms with Crippen molar-refractivity contribution in [2.45, 2.75) is 0 Å². The Hall–Kier alpha value is -4.84. The summed E-state index contributed by atoms with van der Waals surface area (Å²) in [6, 6.07) is 23.7.